The molecule has 5 rings (SSSR count). The molecule has 1 heterocycles. The van der Waals surface area contributed by atoms with E-state index in [0.717, 1.165) is 43.0 Å². The molecule has 8 heteroatoms. The predicted octanol–water partition coefficient (Wildman–Crippen LogP) is 6.69. The Morgan fingerprint density at radius 1 is 0.943 bits per heavy atom. The number of carboxylic acid groups (broad SMARTS) is 2. The number of aliphatic imine (C=N–C) groups is 1. The van der Waals surface area contributed by atoms with Crippen LogP contribution in [0.5, 0.6) is 0 Å². The summed E-state index contributed by atoms with van der Waals surface area (Å²) in [6.45, 7) is 0. The third-order valence-electron chi connectivity index (χ3n) is 6.59. The molecule has 35 heavy (non-hydrogen) atoms. The fraction of sp³-hybridized carbons (Fsp3) is 0.185. The zero-order valence-electron chi connectivity index (χ0n) is 18.5. The molecule has 0 saturated heterocycles. The van der Waals surface area contributed by atoms with E-state index in [2.05, 4.69) is 16.2 Å². The van der Waals surface area contributed by atoms with Crippen molar-refractivity contribution in [2.45, 2.75) is 31.1 Å². The number of benzene rings is 3. The van der Waals surface area contributed by atoms with Crippen molar-refractivity contribution in [2.24, 2.45) is 4.99 Å². The molecule has 0 amide bonds. The summed E-state index contributed by atoms with van der Waals surface area (Å²) in [6.07, 6.45) is 0.350. The average Bonchev–Trinajstić information content (AvgIpc) is 3.39. The maximum absolute atomic E-state index is 11.7. The van der Waals surface area contributed by atoms with Crippen LogP contribution in [-0.2, 0) is 15.0 Å². The van der Waals surface area contributed by atoms with Gasteiger partial charge in [0.15, 0.2) is 0 Å². The maximum Gasteiger partial charge on any atom is 0.303 e. The standard InChI is InChI=1S/C27H20N2O4S2/c30-24(31)9-11-27(12-10-25(32)33)20-13-16(26-29-22-3-1-2-4-23(22)35-26)5-7-18(20)19-8-6-17(28-15-34)14-21(19)27/h1-8,13-14H,9-12H2,(H,30,31)(H,32,33). The van der Waals surface area contributed by atoms with Crippen LogP contribution in [0.4, 0.5) is 5.69 Å². The highest BCUT2D eigenvalue weighted by atomic mass is 32.1. The lowest BCUT2D eigenvalue weighted by atomic mass is 9.71. The Hall–Kier alpha value is -3.71. The number of carbonyl (C=O) groups is 2. The molecule has 0 fully saturated rings. The van der Waals surface area contributed by atoms with E-state index in [1.807, 2.05) is 54.6 Å². The topological polar surface area (TPSA) is 99.8 Å². The number of hydrogen-bond donors (Lipinski definition) is 2. The van der Waals surface area contributed by atoms with E-state index in [0.29, 0.717) is 5.69 Å². The molecule has 0 aliphatic heterocycles. The lowest BCUT2D eigenvalue weighted by Crippen LogP contribution is -2.27. The molecule has 0 unspecified atom stereocenters. The van der Waals surface area contributed by atoms with E-state index in [1.54, 1.807) is 11.3 Å². The first-order valence-corrected chi connectivity index (χ1v) is 12.3. The number of rotatable bonds is 8. The number of hydrogen-bond acceptors (Lipinski definition) is 6. The summed E-state index contributed by atoms with van der Waals surface area (Å²) < 4.78 is 1.08. The summed E-state index contributed by atoms with van der Waals surface area (Å²) >= 11 is 6.37. The van der Waals surface area contributed by atoms with E-state index in [4.69, 9.17) is 17.2 Å². The molecular weight excluding hydrogens is 480 g/mol. The highest BCUT2D eigenvalue weighted by Crippen LogP contribution is 2.55. The molecule has 1 aliphatic carbocycles. The monoisotopic (exact) mass is 500 g/mol. The van der Waals surface area contributed by atoms with Gasteiger partial charge in [-0.2, -0.15) is 4.99 Å². The van der Waals surface area contributed by atoms with Crippen LogP contribution in [0, 0.1) is 0 Å². The van der Waals surface area contributed by atoms with Gasteiger partial charge in [-0.05, 0) is 77.6 Å². The van der Waals surface area contributed by atoms with Crippen molar-refractivity contribution in [1.82, 2.24) is 4.98 Å². The van der Waals surface area contributed by atoms with Crippen molar-refractivity contribution in [3.05, 3.63) is 71.8 Å². The molecule has 0 atom stereocenters. The smallest absolute Gasteiger partial charge is 0.303 e. The summed E-state index contributed by atoms with van der Waals surface area (Å²) in [6, 6.07) is 19.7. The molecule has 0 spiro atoms. The van der Waals surface area contributed by atoms with Crippen LogP contribution in [0.1, 0.15) is 36.8 Å². The minimum Gasteiger partial charge on any atom is -0.481 e. The molecule has 6 nitrogen and oxygen atoms in total. The van der Waals surface area contributed by atoms with E-state index in [9.17, 15) is 19.8 Å². The molecule has 0 bridgehead atoms. The fourth-order valence-electron chi connectivity index (χ4n) is 5.04. The highest BCUT2D eigenvalue weighted by Gasteiger charge is 2.43. The third-order valence-corrected chi connectivity index (χ3v) is 7.77. The van der Waals surface area contributed by atoms with Crippen molar-refractivity contribution in [3.63, 3.8) is 0 Å². The summed E-state index contributed by atoms with van der Waals surface area (Å²) in [5.74, 6) is -1.85. The molecule has 1 aliphatic rings. The number of carboxylic acids is 2. The summed E-state index contributed by atoms with van der Waals surface area (Å²) in [5, 5.41) is 22.3. The van der Waals surface area contributed by atoms with Crippen molar-refractivity contribution in [1.29, 1.82) is 0 Å². The normalized spacial score (nSPS) is 13.1. The first kappa shape index (κ1) is 23.1. The third kappa shape index (κ3) is 4.17. The van der Waals surface area contributed by atoms with E-state index < -0.39 is 17.4 Å². The number of aliphatic carboxylic acids is 2. The maximum atomic E-state index is 11.7. The number of isothiocyanates is 1. The zero-order valence-corrected chi connectivity index (χ0v) is 20.2. The number of para-hydroxylation sites is 1. The fourth-order valence-corrected chi connectivity index (χ4v) is 6.11. The van der Waals surface area contributed by atoms with Crippen LogP contribution in [0.3, 0.4) is 0 Å². The SMILES string of the molecule is O=C(O)CCC1(CCC(=O)O)c2cc(N=C=S)ccc2-c2ccc(-c3nc4ccccc4s3)cc21. The van der Waals surface area contributed by atoms with Gasteiger partial charge in [-0.15, -0.1) is 11.3 Å². The quantitative estimate of drug-likeness (QED) is 0.206. The second-order valence-corrected chi connectivity index (χ2v) is 9.76. The molecule has 1 aromatic heterocycles. The Labute approximate surface area is 210 Å². The highest BCUT2D eigenvalue weighted by molar-refractivity contribution is 7.78. The number of aromatic nitrogens is 1. The van der Waals surface area contributed by atoms with Gasteiger partial charge in [0, 0.05) is 23.8 Å². The van der Waals surface area contributed by atoms with E-state index >= 15 is 0 Å². The molecular formula is C27H20N2O4S2. The second kappa shape index (κ2) is 9.15. The molecule has 2 N–H and O–H groups in total. The van der Waals surface area contributed by atoms with Crippen LogP contribution in [0.2, 0.25) is 0 Å². The van der Waals surface area contributed by atoms with E-state index in [1.165, 1.54) is 0 Å². The molecule has 4 aromatic rings. The first-order valence-electron chi connectivity index (χ1n) is 11.1. The van der Waals surface area contributed by atoms with Gasteiger partial charge in [-0.25, -0.2) is 4.98 Å². The van der Waals surface area contributed by atoms with Crippen LogP contribution in [0.15, 0.2) is 65.7 Å². The van der Waals surface area contributed by atoms with Crippen molar-refractivity contribution >= 4 is 56.6 Å². The van der Waals surface area contributed by atoms with Gasteiger partial charge in [0.05, 0.1) is 21.1 Å². The Kier molecular flexibility index (Phi) is 6.03. The number of thiazole rings is 1. The van der Waals surface area contributed by atoms with E-state index in [-0.39, 0.29) is 25.7 Å². The summed E-state index contributed by atoms with van der Waals surface area (Å²) in [4.78, 5) is 32.2. The van der Waals surface area contributed by atoms with Crippen molar-refractivity contribution in [3.8, 4) is 21.7 Å². The Bertz CT molecular complexity index is 1480. The average molecular weight is 501 g/mol. The van der Waals surface area contributed by atoms with Crippen LogP contribution < -0.4 is 0 Å². The van der Waals surface area contributed by atoms with Crippen molar-refractivity contribution in [2.75, 3.05) is 0 Å². The molecule has 174 valence electrons. The minimum absolute atomic E-state index is 0.0927. The lowest BCUT2D eigenvalue weighted by molar-refractivity contribution is -0.137. The largest absolute Gasteiger partial charge is 0.481 e. The predicted molar refractivity (Wildman–Crippen MR) is 140 cm³/mol. The Balaban J connectivity index is 1.73. The molecule has 3 aromatic carbocycles. The van der Waals surface area contributed by atoms with Gasteiger partial charge in [0.25, 0.3) is 0 Å². The minimum atomic E-state index is -0.926. The number of thiocarbonyl (C=S) groups is 1. The van der Waals surface area contributed by atoms with Crippen LogP contribution in [-0.4, -0.2) is 32.3 Å². The van der Waals surface area contributed by atoms with Gasteiger partial charge in [0.1, 0.15) is 5.01 Å². The molecule has 0 radical (unpaired) electrons. The number of fused-ring (bicyclic) bond motifs is 4. The van der Waals surface area contributed by atoms with Crippen LogP contribution >= 0.6 is 23.6 Å². The van der Waals surface area contributed by atoms with Gasteiger partial charge in [-0.3, -0.25) is 9.59 Å². The van der Waals surface area contributed by atoms with Crippen LogP contribution in [0.25, 0.3) is 31.9 Å². The van der Waals surface area contributed by atoms with Gasteiger partial charge in [-0.1, -0.05) is 30.3 Å². The Morgan fingerprint density at radius 3 is 2.26 bits per heavy atom. The second-order valence-electron chi connectivity index (χ2n) is 8.55. The van der Waals surface area contributed by atoms with Gasteiger partial charge < -0.3 is 10.2 Å². The summed E-state index contributed by atoms with van der Waals surface area (Å²) in [5.41, 5.74) is 5.38. The first-order chi connectivity index (χ1) is 16.9. The number of nitrogens with zero attached hydrogens (tertiary/aromatic N) is 2. The van der Waals surface area contributed by atoms with Crippen molar-refractivity contribution < 1.29 is 19.8 Å². The van der Waals surface area contributed by atoms with Gasteiger partial charge >= 0.3 is 11.9 Å². The summed E-state index contributed by atoms with van der Waals surface area (Å²) in [7, 11) is 0. The zero-order chi connectivity index (χ0) is 24.6. The lowest BCUT2D eigenvalue weighted by Gasteiger charge is -2.32. The van der Waals surface area contributed by atoms with Gasteiger partial charge in [0.2, 0.25) is 0 Å². The molecule has 0 saturated carbocycles. The Morgan fingerprint density at radius 2 is 1.60 bits per heavy atom.